The zero-order valence-corrected chi connectivity index (χ0v) is 13.3. The quantitative estimate of drug-likeness (QED) is 0.574. The van der Waals surface area contributed by atoms with Gasteiger partial charge < -0.3 is 4.52 Å². The van der Waals surface area contributed by atoms with Gasteiger partial charge in [0.25, 0.3) is 5.89 Å². The van der Waals surface area contributed by atoms with Crippen molar-refractivity contribution in [3.05, 3.63) is 83.9 Å². The average molecular weight is 316 g/mol. The fourth-order valence-electron chi connectivity index (χ4n) is 2.60. The van der Waals surface area contributed by atoms with Crippen molar-refractivity contribution in [3.8, 4) is 17.1 Å². The molecule has 0 N–H and O–H groups in total. The summed E-state index contributed by atoms with van der Waals surface area (Å²) in [6, 6.07) is 20.1. The van der Waals surface area contributed by atoms with Gasteiger partial charge in [-0.15, -0.1) is 0 Å². The average Bonchev–Trinajstić information content (AvgIpc) is 3.23. The molecule has 2 aromatic heterocycles. The number of nitrogens with zero attached hydrogens (tertiary/aromatic N) is 4. The molecular formula is C19H16N4O. The van der Waals surface area contributed by atoms with Crippen LogP contribution in [0.2, 0.25) is 0 Å². The molecule has 2 aromatic carbocycles. The van der Waals surface area contributed by atoms with Gasteiger partial charge in [-0.3, -0.25) is 0 Å². The van der Waals surface area contributed by atoms with Gasteiger partial charge in [0.1, 0.15) is 0 Å². The normalized spacial score (nSPS) is 10.9. The number of hydrogen-bond acceptors (Lipinski definition) is 4. The SMILES string of the molecule is Cc1nn(-c2ccccc2)cc1-c1nc(Cc2ccccc2)no1. The van der Waals surface area contributed by atoms with E-state index in [9.17, 15) is 0 Å². The van der Waals surface area contributed by atoms with Gasteiger partial charge in [-0.05, 0) is 24.6 Å². The molecule has 0 aliphatic rings. The first-order valence-electron chi connectivity index (χ1n) is 7.78. The van der Waals surface area contributed by atoms with E-state index >= 15 is 0 Å². The second-order valence-electron chi connectivity index (χ2n) is 5.59. The van der Waals surface area contributed by atoms with Crippen molar-refractivity contribution < 1.29 is 4.52 Å². The maximum absolute atomic E-state index is 5.44. The van der Waals surface area contributed by atoms with Gasteiger partial charge in [-0.2, -0.15) is 10.1 Å². The molecule has 5 nitrogen and oxygen atoms in total. The first-order valence-corrected chi connectivity index (χ1v) is 7.78. The Balaban J connectivity index is 1.62. The zero-order valence-electron chi connectivity index (χ0n) is 13.3. The van der Waals surface area contributed by atoms with Crippen LogP contribution < -0.4 is 0 Å². The molecule has 2 heterocycles. The molecule has 24 heavy (non-hydrogen) atoms. The molecule has 0 atom stereocenters. The molecule has 0 amide bonds. The Kier molecular flexibility index (Phi) is 3.67. The van der Waals surface area contributed by atoms with Crippen LogP contribution in [0, 0.1) is 6.92 Å². The monoisotopic (exact) mass is 316 g/mol. The maximum Gasteiger partial charge on any atom is 0.261 e. The molecule has 0 aliphatic carbocycles. The van der Waals surface area contributed by atoms with Gasteiger partial charge in [0, 0.05) is 12.6 Å². The van der Waals surface area contributed by atoms with Crippen LogP contribution >= 0.6 is 0 Å². The van der Waals surface area contributed by atoms with E-state index in [1.165, 1.54) is 0 Å². The van der Waals surface area contributed by atoms with Gasteiger partial charge in [-0.1, -0.05) is 53.7 Å². The number of aromatic nitrogens is 4. The van der Waals surface area contributed by atoms with Gasteiger partial charge >= 0.3 is 0 Å². The van der Waals surface area contributed by atoms with Crippen LogP contribution in [0.4, 0.5) is 0 Å². The molecule has 4 rings (SSSR count). The Labute approximate surface area is 139 Å². The Morgan fingerprint density at radius 1 is 0.958 bits per heavy atom. The van der Waals surface area contributed by atoms with Gasteiger partial charge in [0.05, 0.1) is 16.9 Å². The van der Waals surface area contributed by atoms with Crippen molar-refractivity contribution in [1.82, 2.24) is 19.9 Å². The van der Waals surface area contributed by atoms with E-state index in [4.69, 9.17) is 4.52 Å². The number of aryl methyl sites for hydroxylation is 1. The van der Waals surface area contributed by atoms with E-state index in [-0.39, 0.29) is 0 Å². The lowest BCUT2D eigenvalue weighted by Gasteiger charge is -1.98. The molecule has 118 valence electrons. The molecule has 0 aliphatic heterocycles. The molecule has 0 radical (unpaired) electrons. The molecule has 0 saturated heterocycles. The van der Waals surface area contributed by atoms with Gasteiger partial charge in [-0.25, -0.2) is 4.68 Å². The van der Waals surface area contributed by atoms with E-state index in [1.807, 2.05) is 66.3 Å². The number of hydrogen-bond donors (Lipinski definition) is 0. The maximum atomic E-state index is 5.44. The van der Waals surface area contributed by atoms with Crippen LogP contribution in [-0.4, -0.2) is 19.9 Å². The summed E-state index contributed by atoms with van der Waals surface area (Å²) in [5.74, 6) is 1.17. The first-order chi connectivity index (χ1) is 11.8. The summed E-state index contributed by atoms with van der Waals surface area (Å²) < 4.78 is 7.26. The highest BCUT2D eigenvalue weighted by molar-refractivity contribution is 5.56. The lowest BCUT2D eigenvalue weighted by atomic mass is 10.1. The number of rotatable bonds is 4. The van der Waals surface area contributed by atoms with Crippen LogP contribution in [-0.2, 0) is 6.42 Å². The summed E-state index contributed by atoms with van der Waals surface area (Å²) in [5, 5.41) is 8.63. The van der Waals surface area contributed by atoms with Crippen LogP contribution in [0.1, 0.15) is 17.1 Å². The summed E-state index contributed by atoms with van der Waals surface area (Å²) in [6.45, 7) is 1.94. The fraction of sp³-hybridized carbons (Fsp3) is 0.105. The van der Waals surface area contributed by atoms with Crippen molar-refractivity contribution in [2.45, 2.75) is 13.3 Å². The standard InChI is InChI=1S/C19H16N4O/c1-14-17(13-23(21-14)16-10-6-3-7-11-16)19-20-18(22-24-19)12-15-8-4-2-5-9-15/h2-11,13H,12H2,1H3. The van der Waals surface area contributed by atoms with Crippen molar-refractivity contribution >= 4 is 0 Å². The van der Waals surface area contributed by atoms with Crippen LogP contribution in [0.25, 0.3) is 17.1 Å². The van der Waals surface area contributed by atoms with Crippen LogP contribution in [0.5, 0.6) is 0 Å². The number of benzene rings is 2. The third-order valence-electron chi connectivity index (χ3n) is 3.82. The predicted molar refractivity (Wildman–Crippen MR) is 90.8 cm³/mol. The molecule has 0 unspecified atom stereocenters. The molecule has 0 spiro atoms. The highest BCUT2D eigenvalue weighted by atomic mass is 16.5. The molecule has 0 bridgehead atoms. The molecule has 5 heteroatoms. The summed E-state index contributed by atoms with van der Waals surface area (Å²) >= 11 is 0. The predicted octanol–water partition coefficient (Wildman–Crippen LogP) is 3.82. The van der Waals surface area contributed by atoms with Crippen LogP contribution in [0.3, 0.4) is 0 Å². The minimum atomic E-state index is 0.501. The van der Waals surface area contributed by atoms with E-state index in [0.717, 1.165) is 22.5 Å². The second-order valence-corrected chi connectivity index (χ2v) is 5.59. The minimum absolute atomic E-state index is 0.501. The van der Waals surface area contributed by atoms with E-state index in [0.29, 0.717) is 18.1 Å². The van der Waals surface area contributed by atoms with E-state index < -0.39 is 0 Å². The summed E-state index contributed by atoms with van der Waals surface area (Å²) in [4.78, 5) is 4.51. The summed E-state index contributed by atoms with van der Waals surface area (Å²) in [5.41, 5.74) is 3.86. The summed E-state index contributed by atoms with van der Waals surface area (Å²) in [6.07, 6.45) is 2.57. The second kappa shape index (κ2) is 6.12. The Morgan fingerprint density at radius 3 is 2.42 bits per heavy atom. The molecule has 0 saturated carbocycles. The molecule has 4 aromatic rings. The van der Waals surface area contributed by atoms with E-state index in [2.05, 4.69) is 27.4 Å². The zero-order chi connectivity index (χ0) is 16.4. The first kappa shape index (κ1) is 14.4. The van der Waals surface area contributed by atoms with Crippen molar-refractivity contribution in [3.63, 3.8) is 0 Å². The van der Waals surface area contributed by atoms with E-state index in [1.54, 1.807) is 0 Å². The Morgan fingerprint density at radius 2 is 1.67 bits per heavy atom. The van der Waals surface area contributed by atoms with Gasteiger partial charge in [0.2, 0.25) is 0 Å². The Hall–Kier alpha value is -3.21. The minimum Gasteiger partial charge on any atom is -0.334 e. The van der Waals surface area contributed by atoms with Crippen molar-refractivity contribution in [1.29, 1.82) is 0 Å². The molecule has 0 fully saturated rings. The Bertz CT molecular complexity index is 942. The van der Waals surface area contributed by atoms with Crippen molar-refractivity contribution in [2.24, 2.45) is 0 Å². The lowest BCUT2D eigenvalue weighted by molar-refractivity contribution is 0.423. The molecular weight excluding hydrogens is 300 g/mol. The summed E-state index contributed by atoms with van der Waals surface area (Å²) in [7, 11) is 0. The van der Waals surface area contributed by atoms with Gasteiger partial charge in [0.15, 0.2) is 5.82 Å². The fourth-order valence-corrected chi connectivity index (χ4v) is 2.60. The smallest absolute Gasteiger partial charge is 0.261 e. The van der Waals surface area contributed by atoms with Crippen LogP contribution in [0.15, 0.2) is 71.4 Å². The third kappa shape index (κ3) is 2.84. The lowest BCUT2D eigenvalue weighted by Crippen LogP contribution is -1.93. The highest BCUT2D eigenvalue weighted by Crippen LogP contribution is 2.23. The third-order valence-corrected chi connectivity index (χ3v) is 3.82. The van der Waals surface area contributed by atoms with Crippen molar-refractivity contribution in [2.75, 3.05) is 0 Å². The number of para-hydroxylation sites is 1. The topological polar surface area (TPSA) is 56.7 Å². The largest absolute Gasteiger partial charge is 0.334 e. The highest BCUT2D eigenvalue weighted by Gasteiger charge is 2.15.